The highest BCUT2D eigenvalue weighted by Crippen LogP contribution is 2.30. The van der Waals surface area contributed by atoms with E-state index in [0.29, 0.717) is 12.2 Å². The monoisotopic (exact) mass is 348 g/mol. The molecule has 2 aromatic heterocycles. The molecule has 0 aliphatic carbocycles. The predicted molar refractivity (Wildman–Crippen MR) is 98.8 cm³/mol. The Kier molecular flexibility index (Phi) is 4.26. The Bertz CT molecular complexity index is 979. The summed E-state index contributed by atoms with van der Waals surface area (Å²) in [6, 6.07) is 18.4. The molecule has 2 N–H and O–H groups in total. The summed E-state index contributed by atoms with van der Waals surface area (Å²) in [5.74, 6) is -0.151. The lowest BCUT2D eigenvalue weighted by molar-refractivity contribution is 0.0948. The molecular weight excluding hydrogens is 332 g/mol. The van der Waals surface area contributed by atoms with Crippen LogP contribution < -0.4 is 5.32 Å². The van der Waals surface area contributed by atoms with Gasteiger partial charge in [0.15, 0.2) is 5.69 Å². The largest absolute Gasteiger partial charge is 0.361 e. The summed E-state index contributed by atoms with van der Waals surface area (Å²) < 4.78 is 7.88. The van der Waals surface area contributed by atoms with Gasteiger partial charge in [-0.1, -0.05) is 48.5 Å². The summed E-state index contributed by atoms with van der Waals surface area (Å²) in [4.78, 5) is 15.6. The van der Waals surface area contributed by atoms with E-state index >= 15 is 0 Å². The molecule has 1 unspecified atom stereocenters. The van der Waals surface area contributed by atoms with Crippen LogP contribution in [0.1, 0.15) is 27.5 Å². The number of fused-ring (bicyclic) bond motifs is 1. The lowest BCUT2D eigenvalue weighted by Crippen LogP contribution is -2.29. The number of H-pyrrole nitrogens is 1. The number of amides is 1. The molecule has 4 aromatic rings. The van der Waals surface area contributed by atoms with E-state index in [-0.39, 0.29) is 11.8 Å². The third-order valence-corrected chi connectivity index (χ3v) is 4.74. The summed E-state index contributed by atoms with van der Waals surface area (Å²) in [7, 11) is 0. The van der Waals surface area contributed by atoms with Gasteiger partial charge in [0.2, 0.25) is 0 Å². The molecule has 0 radical (unpaired) electrons. The Morgan fingerprint density at radius 2 is 1.92 bits per heavy atom. The van der Waals surface area contributed by atoms with E-state index in [9.17, 15) is 4.79 Å². The van der Waals surface area contributed by atoms with Crippen LogP contribution in [-0.2, 0) is 0 Å². The Hall–Kier alpha value is -2.99. The smallest absolute Gasteiger partial charge is 0.272 e. The lowest BCUT2D eigenvalue weighted by Gasteiger charge is -2.18. The second-order valence-corrected chi connectivity index (χ2v) is 6.31. The average molecular weight is 348 g/mol. The third-order valence-electron chi connectivity index (χ3n) is 4.26. The molecule has 25 heavy (non-hydrogen) atoms. The molecule has 2 aromatic carbocycles. The minimum absolute atomic E-state index is 0.0490. The van der Waals surface area contributed by atoms with E-state index in [4.69, 9.17) is 0 Å². The molecule has 5 nitrogen and oxygen atoms in total. The van der Waals surface area contributed by atoms with E-state index < -0.39 is 0 Å². The van der Waals surface area contributed by atoms with Crippen LogP contribution in [0.2, 0.25) is 0 Å². The second kappa shape index (κ2) is 6.86. The van der Waals surface area contributed by atoms with Crippen molar-refractivity contribution < 1.29 is 4.79 Å². The van der Waals surface area contributed by atoms with Crippen molar-refractivity contribution in [2.45, 2.75) is 5.92 Å². The normalized spacial score (nSPS) is 12.2. The number of rotatable bonds is 5. The Morgan fingerprint density at radius 3 is 2.72 bits per heavy atom. The van der Waals surface area contributed by atoms with Gasteiger partial charge in [0.1, 0.15) is 0 Å². The van der Waals surface area contributed by atoms with Gasteiger partial charge < -0.3 is 10.3 Å². The maximum atomic E-state index is 12.3. The zero-order chi connectivity index (χ0) is 17.1. The standard InChI is InChI=1S/C19H16N4OS/c24-19(18-12-22-25-23-18)21-10-15(13-6-2-1-3-7-13)16-11-20-17-9-5-4-8-14(16)17/h1-9,11-12,15,20H,10H2,(H,21,24). The first kappa shape index (κ1) is 15.5. The maximum absolute atomic E-state index is 12.3. The summed E-state index contributed by atoms with van der Waals surface area (Å²) in [5, 5.41) is 4.16. The predicted octanol–water partition coefficient (Wildman–Crippen LogP) is 3.58. The summed E-state index contributed by atoms with van der Waals surface area (Å²) >= 11 is 1.03. The lowest BCUT2D eigenvalue weighted by atomic mass is 9.91. The molecule has 0 saturated heterocycles. The number of carbonyl (C=O) groups is 1. The van der Waals surface area contributed by atoms with Crippen molar-refractivity contribution in [1.82, 2.24) is 19.0 Å². The van der Waals surface area contributed by atoms with Gasteiger partial charge in [-0.25, -0.2) is 0 Å². The van der Waals surface area contributed by atoms with E-state index in [0.717, 1.165) is 22.8 Å². The quantitative estimate of drug-likeness (QED) is 0.579. The number of benzene rings is 2. The Morgan fingerprint density at radius 1 is 1.12 bits per heavy atom. The molecule has 0 bridgehead atoms. The van der Waals surface area contributed by atoms with E-state index in [2.05, 4.69) is 43.3 Å². The van der Waals surface area contributed by atoms with Gasteiger partial charge in [0, 0.05) is 29.6 Å². The molecule has 1 atom stereocenters. The molecule has 0 spiro atoms. The van der Waals surface area contributed by atoms with Crippen molar-refractivity contribution in [3.05, 3.63) is 83.8 Å². The number of nitrogens with one attached hydrogen (secondary N) is 2. The molecule has 0 aliphatic rings. The first-order chi connectivity index (χ1) is 12.3. The van der Waals surface area contributed by atoms with Crippen LogP contribution in [0.5, 0.6) is 0 Å². The van der Waals surface area contributed by atoms with Crippen molar-refractivity contribution in [2.24, 2.45) is 0 Å². The van der Waals surface area contributed by atoms with E-state index in [1.54, 1.807) is 0 Å². The van der Waals surface area contributed by atoms with Crippen LogP contribution in [0.25, 0.3) is 10.9 Å². The first-order valence-corrected chi connectivity index (χ1v) is 8.72. The van der Waals surface area contributed by atoms with Crippen LogP contribution in [0.4, 0.5) is 0 Å². The molecule has 0 aliphatic heterocycles. The Labute approximate surface area is 149 Å². The maximum Gasteiger partial charge on any atom is 0.272 e. The first-order valence-electron chi connectivity index (χ1n) is 7.99. The number of aromatic nitrogens is 3. The average Bonchev–Trinajstić information content (AvgIpc) is 3.33. The third kappa shape index (κ3) is 3.16. The molecular formula is C19H16N4OS. The van der Waals surface area contributed by atoms with Crippen molar-refractivity contribution in [3.63, 3.8) is 0 Å². The summed E-state index contributed by atoms with van der Waals surface area (Å²) in [6.45, 7) is 0.488. The zero-order valence-electron chi connectivity index (χ0n) is 13.3. The molecule has 124 valence electrons. The van der Waals surface area contributed by atoms with Gasteiger partial charge in [-0.3, -0.25) is 4.79 Å². The van der Waals surface area contributed by atoms with E-state index in [1.807, 2.05) is 36.5 Å². The van der Waals surface area contributed by atoms with Crippen molar-refractivity contribution in [3.8, 4) is 0 Å². The number of carbonyl (C=O) groups excluding carboxylic acids is 1. The number of para-hydroxylation sites is 1. The van der Waals surface area contributed by atoms with Crippen LogP contribution in [0, 0.1) is 0 Å². The number of hydrogen-bond donors (Lipinski definition) is 2. The molecule has 2 heterocycles. The van der Waals surface area contributed by atoms with Crippen LogP contribution in [-0.4, -0.2) is 26.2 Å². The zero-order valence-corrected chi connectivity index (χ0v) is 14.2. The highest BCUT2D eigenvalue weighted by Gasteiger charge is 2.19. The molecule has 1 amide bonds. The van der Waals surface area contributed by atoms with Gasteiger partial charge in [-0.2, -0.15) is 8.75 Å². The molecule has 0 fully saturated rings. The molecule has 4 rings (SSSR count). The van der Waals surface area contributed by atoms with Crippen molar-refractivity contribution >= 4 is 28.5 Å². The Balaban J connectivity index is 1.66. The highest BCUT2D eigenvalue weighted by molar-refractivity contribution is 6.99. The molecule has 6 heteroatoms. The topological polar surface area (TPSA) is 70.7 Å². The van der Waals surface area contributed by atoms with Gasteiger partial charge in [-0.05, 0) is 17.2 Å². The summed E-state index contributed by atoms with van der Waals surface area (Å²) in [5.41, 5.74) is 3.77. The molecule has 0 saturated carbocycles. The number of nitrogens with zero attached hydrogens (tertiary/aromatic N) is 2. The fourth-order valence-corrected chi connectivity index (χ4v) is 3.44. The van der Waals surface area contributed by atoms with Crippen LogP contribution >= 0.6 is 11.7 Å². The van der Waals surface area contributed by atoms with Crippen LogP contribution in [0.3, 0.4) is 0 Å². The second-order valence-electron chi connectivity index (χ2n) is 5.76. The van der Waals surface area contributed by atoms with Crippen LogP contribution in [0.15, 0.2) is 67.0 Å². The minimum Gasteiger partial charge on any atom is -0.361 e. The van der Waals surface area contributed by atoms with Crippen molar-refractivity contribution in [2.75, 3.05) is 6.54 Å². The van der Waals surface area contributed by atoms with Crippen molar-refractivity contribution in [1.29, 1.82) is 0 Å². The highest BCUT2D eigenvalue weighted by atomic mass is 32.1. The van der Waals surface area contributed by atoms with Gasteiger partial charge in [0.25, 0.3) is 5.91 Å². The fourth-order valence-electron chi connectivity index (χ4n) is 3.02. The SMILES string of the molecule is O=C(NCC(c1ccccc1)c1c[nH]c2ccccc12)c1cnsn1. The fraction of sp³-hybridized carbons (Fsp3) is 0.105. The number of aromatic amines is 1. The van der Waals surface area contributed by atoms with Gasteiger partial charge in [-0.15, -0.1) is 0 Å². The number of hydrogen-bond acceptors (Lipinski definition) is 4. The van der Waals surface area contributed by atoms with E-state index in [1.165, 1.54) is 17.1 Å². The van der Waals surface area contributed by atoms with Gasteiger partial charge >= 0.3 is 0 Å². The minimum atomic E-state index is -0.200. The van der Waals surface area contributed by atoms with Gasteiger partial charge in [0.05, 0.1) is 17.9 Å². The summed E-state index contributed by atoms with van der Waals surface area (Å²) in [6.07, 6.45) is 3.52.